The van der Waals surface area contributed by atoms with Crippen LogP contribution in [0, 0.1) is 6.92 Å². The van der Waals surface area contributed by atoms with Crippen LogP contribution in [0.25, 0.3) is 17.2 Å². The van der Waals surface area contributed by atoms with Gasteiger partial charge in [-0.1, -0.05) is 31.2 Å². The molecule has 0 aliphatic rings. The normalized spacial score (nSPS) is 11.0. The van der Waals surface area contributed by atoms with E-state index in [9.17, 15) is 0 Å². The molecule has 0 radical (unpaired) electrons. The monoisotopic (exact) mass is 344 g/mol. The van der Waals surface area contributed by atoms with Crippen LogP contribution in [0.1, 0.15) is 23.7 Å². The number of aryl methyl sites for hydroxylation is 2. The lowest BCUT2D eigenvalue weighted by Crippen LogP contribution is -2.08. The van der Waals surface area contributed by atoms with E-state index < -0.39 is 0 Å². The average molecular weight is 344 g/mol. The number of pyridine rings is 1. The van der Waals surface area contributed by atoms with Crippen LogP contribution in [-0.4, -0.2) is 24.6 Å². The predicted octanol–water partition coefficient (Wildman–Crippen LogP) is 3.67. The maximum Gasteiger partial charge on any atom is 0.254 e. The van der Waals surface area contributed by atoms with E-state index >= 15 is 0 Å². The van der Waals surface area contributed by atoms with Crippen LogP contribution in [0.5, 0.6) is 0 Å². The van der Waals surface area contributed by atoms with E-state index in [-0.39, 0.29) is 0 Å². The Morgan fingerprint density at radius 2 is 1.96 bits per heavy atom. The SMILES string of the molecule is CCc1cc(NCc2ccccc2C)n2nc(-c3cccnc3)nc2n1. The number of aromatic nitrogens is 5. The van der Waals surface area contributed by atoms with Crippen LogP contribution < -0.4 is 5.32 Å². The average Bonchev–Trinajstić information content (AvgIpc) is 3.12. The molecule has 26 heavy (non-hydrogen) atoms. The van der Waals surface area contributed by atoms with Crippen molar-refractivity contribution >= 4 is 11.6 Å². The van der Waals surface area contributed by atoms with Crippen LogP contribution in [-0.2, 0) is 13.0 Å². The first-order chi connectivity index (χ1) is 12.7. The molecular weight excluding hydrogens is 324 g/mol. The van der Waals surface area contributed by atoms with Crippen molar-refractivity contribution in [3.8, 4) is 11.4 Å². The van der Waals surface area contributed by atoms with Gasteiger partial charge >= 0.3 is 0 Å². The van der Waals surface area contributed by atoms with Gasteiger partial charge < -0.3 is 5.32 Å². The van der Waals surface area contributed by atoms with E-state index in [1.807, 2.05) is 18.2 Å². The van der Waals surface area contributed by atoms with E-state index in [2.05, 4.69) is 63.5 Å². The van der Waals surface area contributed by atoms with E-state index in [4.69, 9.17) is 0 Å². The largest absolute Gasteiger partial charge is 0.366 e. The lowest BCUT2D eigenvalue weighted by atomic mass is 10.1. The fourth-order valence-electron chi connectivity index (χ4n) is 2.84. The quantitative estimate of drug-likeness (QED) is 0.598. The molecule has 6 heteroatoms. The van der Waals surface area contributed by atoms with Crippen molar-refractivity contribution in [3.05, 3.63) is 71.7 Å². The molecule has 3 heterocycles. The molecule has 0 saturated heterocycles. The number of benzene rings is 1. The Morgan fingerprint density at radius 3 is 2.73 bits per heavy atom. The van der Waals surface area contributed by atoms with Gasteiger partial charge in [0.25, 0.3) is 5.78 Å². The lowest BCUT2D eigenvalue weighted by Gasteiger charge is -2.11. The molecule has 1 aromatic carbocycles. The fourth-order valence-corrected chi connectivity index (χ4v) is 2.84. The summed E-state index contributed by atoms with van der Waals surface area (Å²) in [6.07, 6.45) is 4.34. The summed E-state index contributed by atoms with van der Waals surface area (Å²) < 4.78 is 1.76. The van der Waals surface area contributed by atoms with Gasteiger partial charge in [-0.2, -0.15) is 9.50 Å². The summed E-state index contributed by atoms with van der Waals surface area (Å²) in [5.41, 5.74) is 4.37. The first kappa shape index (κ1) is 16.2. The molecule has 1 N–H and O–H groups in total. The van der Waals surface area contributed by atoms with Gasteiger partial charge in [0, 0.05) is 36.3 Å². The second-order valence-electron chi connectivity index (χ2n) is 6.16. The minimum absolute atomic E-state index is 0.593. The molecule has 3 aromatic heterocycles. The number of rotatable bonds is 5. The molecule has 6 nitrogen and oxygen atoms in total. The zero-order valence-electron chi connectivity index (χ0n) is 14.8. The summed E-state index contributed by atoms with van der Waals surface area (Å²) in [4.78, 5) is 13.3. The standard InChI is InChI=1S/C20H20N6/c1-3-17-11-18(22-13-15-8-5-4-7-14(15)2)26-20(23-17)24-19(25-26)16-9-6-10-21-12-16/h4-12,22H,3,13H2,1-2H3. The second kappa shape index (κ2) is 6.92. The lowest BCUT2D eigenvalue weighted by molar-refractivity contribution is 0.902. The summed E-state index contributed by atoms with van der Waals surface area (Å²) in [6.45, 7) is 4.92. The van der Waals surface area contributed by atoms with E-state index in [1.54, 1.807) is 16.9 Å². The van der Waals surface area contributed by atoms with Crippen LogP contribution in [0.15, 0.2) is 54.9 Å². The molecule has 0 saturated carbocycles. The van der Waals surface area contributed by atoms with Crippen molar-refractivity contribution in [2.24, 2.45) is 0 Å². The third-order valence-electron chi connectivity index (χ3n) is 4.37. The summed E-state index contributed by atoms with van der Waals surface area (Å²) >= 11 is 0. The van der Waals surface area contributed by atoms with Crippen molar-refractivity contribution in [2.45, 2.75) is 26.8 Å². The maximum absolute atomic E-state index is 4.63. The molecule has 130 valence electrons. The highest BCUT2D eigenvalue weighted by molar-refractivity contribution is 5.57. The van der Waals surface area contributed by atoms with Gasteiger partial charge in [0.05, 0.1) is 0 Å². The Hall–Kier alpha value is -3.28. The van der Waals surface area contributed by atoms with Crippen molar-refractivity contribution in [2.75, 3.05) is 5.32 Å². The summed E-state index contributed by atoms with van der Waals surface area (Å²) in [5, 5.41) is 8.12. The van der Waals surface area contributed by atoms with Crippen LogP contribution in [0.2, 0.25) is 0 Å². The minimum Gasteiger partial charge on any atom is -0.366 e. The highest BCUT2D eigenvalue weighted by Gasteiger charge is 2.12. The Morgan fingerprint density at radius 1 is 1.08 bits per heavy atom. The van der Waals surface area contributed by atoms with Crippen molar-refractivity contribution < 1.29 is 0 Å². The highest BCUT2D eigenvalue weighted by atomic mass is 15.4. The zero-order chi connectivity index (χ0) is 17.9. The predicted molar refractivity (Wildman–Crippen MR) is 102 cm³/mol. The molecular formula is C20H20N6. The van der Waals surface area contributed by atoms with Gasteiger partial charge in [-0.3, -0.25) is 4.98 Å². The van der Waals surface area contributed by atoms with Gasteiger partial charge in [0.1, 0.15) is 5.82 Å². The third-order valence-corrected chi connectivity index (χ3v) is 4.37. The summed E-state index contributed by atoms with van der Waals surface area (Å²) in [5.74, 6) is 2.10. The Balaban J connectivity index is 1.73. The summed E-state index contributed by atoms with van der Waals surface area (Å²) in [6, 6.07) is 14.2. The number of hydrogen-bond donors (Lipinski definition) is 1. The molecule has 0 aliphatic carbocycles. The van der Waals surface area contributed by atoms with E-state index in [0.717, 1.165) is 30.0 Å². The van der Waals surface area contributed by atoms with Crippen LogP contribution in [0.4, 0.5) is 5.82 Å². The zero-order valence-corrected chi connectivity index (χ0v) is 14.8. The molecule has 0 aliphatic heterocycles. The molecule has 0 fully saturated rings. The Bertz CT molecular complexity index is 1040. The van der Waals surface area contributed by atoms with Crippen LogP contribution >= 0.6 is 0 Å². The maximum atomic E-state index is 4.63. The Labute approximate surface area is 152 Å². The molecule has 0 unspecified atom stereocenters. The van der Waals surface area contributed by atoms with Gasteiger partial charge in [-0.25, -0.2) is 4.98 Å². The van der Waals surface area contributed by atoms with Crippen LogP contribution in [0.3, 0.4) is 0 Å². The first-order valence-electron chi connectivity index (χ1n) is 8.70. The molecule has 0 amide bonds. The molecule has 4 aromatic rings. The number of anilines is 1. The number of nitrogens with zero attached hydrogens (tertiary/aromatic N) is 5. The van der Waals surface area contributed by atoms with E-state index in [1.165, 1.54) is 11.1 Å². The van der Waals surface area contributed by atoms with Crippen molar-refractivity contribution in [1.82, 2.24) is 24.6 Å². The van der Waals surface area contributed by atoms with Gasteiger partial charge in [-0.15, -0.1) is 5.10 Å². The third kappa shape index (κ3) is 3.13. The molecule has 0 atom stereocenters. The van der Waals surface area contributed by atoms with Gasteiger partial charge in [0.2, 0.25) is 0 Å². The minimum atomic E-state index is 0.593. The number of nitrogens with one attached hydrogen (secondary N) is 1. The fraction of sp³-hybridized carbons (Fsp3) is 0.200. The number of fused-ring (bicyclic) bond motifs is 1. The topological polar surface area (TPSA) is 68.0 Å². The molecule has 4 rings (SSSR count). The van der Waals surface area contributed by atoms with Gasteiger partial charge in [0.15, 0.2) is 5.82 Å². The Kier molecular flexibility index (Phi) is 4.31. The highest BCUT2D eigenvalue weighted by Crippen LogP contribution is 2.19. The second-order valence-corrected chi connectivity index (χ2v) is 6.16. The molecule has 0 spiro atoms. The van der Waals surface area contributed by atoms with E-state index in [0.29, 0.717) is 11.6 Å². The van der Waals surface area contributed by atoms with Crippen molar-refractivity contribution in [1.29, 1.82) is 0 Å². The molecule has 0 bridgehead atoms. The summed E-state index contributed by atoms with van der Waals surface area (Å²) in [7, 11) is 0. The van der Waals surface area contributed by atoms with Gasteiger partial charge in [-0.05, 0) is 36.6 Å². The smallest absolute Gasteiger partial charge is 0.254 e. The van der Waals surface area contributed by atoms with Crippen molar-refractivity contribution in [3.63, 3.8) is 0 Å². The first-order valence-corrected chi connectivity index (χ1v) is 8.70. The number of hydrogen-bond acceptors (Lipinski definition) is 5.